The Bertz CT molecular complexity index is 612. The van der Waals surface area contributed by atoms with Crippen LogP contribution in [0.3, 0.4) is 0 Å². The molecule has 0 saturated carbocycles. The molecule has 0 radical (unpaired) electrons. The summed E-state index contributed by atoms with van der Waals surface area (Å²) in [5.74, 6) is -0.690. The Morgan fingerprint density at radius 1 is 1.25 bits per heavy atom. The van der Waals surface area contributed by atoms with Gasteiger partial charge in [-0.05, 0) is 68.4 Å². The van der Waals surface area contributed by atoms with Crippen LogP contribution < -0.4 is 0 Å². The quantitative estimate of drug-likeness (QED) is 0.521. The van der Waals surface area contributed by atoms with Crippen molar-refractivity contribution in [3.05, 3.63) is 11.9 Å². The van der Waals surface area contributed by atoms with Crippen LogP contribution in [-0.2, 0) is 23.1 Å². The molecule has 0 N–H and O–H groups in total. The first-order valence-corrected chi connectivity index (χ1v) is 11.3. The maximum absolute atomic E-state index is 14.8. The second kappa shape index (κ2) is 9.24. The average molecular weight is 423 g/mol. The van der Waals surface area contributed by atoms with E-state index >= 15 is 0 Å². The van der Waals surface area contributed by atoms with E-state index < -0.39 is 43.0 Å². The third-order valence-electron chi connectivity index (χ3n) is 3.57. The molecule has 0 aromatic rings. The minimum absolute atomic E-state index is 0.0973. The van der Waals surface area contributed by atoms with Crippen LogP contribution in [0.25, 0.3) is 0 Å². The van der Waals surface area contributed by atoms with E-state index in [-0.39, 0.29) is 18.8 Å². The van der Waals surface area contributed by atoms with Crippen LogP contribution in [0.15, 0.2) is 11.9 Å². The topological polar surface area (TPSA) is 74.3 Å². The van der Waals surface area contributed by atoms with Crippen molar-refractivity contribution in [1.29, 1.82) is 0 Å². The van der Waals surface area contributed by atoms with Crippen molar-refractivity contribution in [2.24, 2.45) is 0 Å². The third kappa shape index (κ3) is 7.82. The first-order valence-electron chi connectivity index (χ1n) is 9.53. The van der Waals surface area contributed by atoms with Crippen molar-refractivity contribution in [3.63, 3.8) is 0 Å². The van der Waals surface area contributed by atoms with E-state index in [9.17, 15) is 13.8 Å². The lowest BCUT2D eigenvalue weighted by Gasteiger charge is -2.34. The van der Waals surface area contributed by atoms with Gasteiger partial charge in [0.05, 0.1) is 24.9 Å². The summed E-state index contributed by atoms with van der Waals surface area (Å²) >= 11 is 0. The van der Waals surface area contributed by atoms with Gasteiger partial charge in [0.1, 0.15) is 23.3 Å². The normalized spacial score (nSPS) is 20.9. The van der Waals surface area contributed by atoms with Gasteiger partial charge >= 0.3 is 13.7 Å². The Balaban J connectivity index is 3.04. The highest BCUT2D eigenvalue weighted by Crippen LogP contribution is 2.52. The molecule has 9 heteroatoms. The molecule has 1 atom stereocenters. The molecule has 1 fully saturated rings. The maximum atomic E-state index is 14.8. The monoisotopic (exact) mass is 423 g/mol. The number of ether oxygens (including phenoxy) is 2. The number of hydrogen-bond acceptors (Lipinski definition) is 6. The Kier molecular flexibility index (Phi) is 8.28. The lowest BCUT2D eigenvalue weighted by Crippen LogP contribution is -2.49. The van der Waals surface area contributed by atoms with Gasteiger partial charge in [0.25, 0.3) is 0 Å². The van der Waals surface area contributed by atoms with Gasteiger partial charge in [-0.3, -0.25) is 9.46 Å². The number of hydrogen-bond donors (Lipinski definition) is 0. The standard InChI is InChI=1S/C19H35FNO6P/c1-13(2)26-28(23,27-14(3)4)12-15(20)10-16-11-24-19(8,9)21(16)17(22)25-18(5,6)7/h10,13-14,16H,11-12H2,1-9H3/t16-/m1/s1. The van der Waals surface area contributed by atoms with E-state index in [2.05, 4.69) is 0 Å². The van der Waals surface area contributed by atoms with Crippen LogP contribution in [0.2, 0.25) is 0 Å². The lowest BCUT2D eigenvalue weighted by atomic mass is 10.2. The molecule has 1 aliphatic rings. The van der Waals surface area contributed by atoms with E-state index in [0.717, 1.165) is 0 Å². The fourth-order valence-electron chi connectivity index (χ4n) is 2.81. The van der Waals surface area contributed by atoms with Crippen molar-refractivity contribution >= 4 is 13.7 Å². The maximum Gasteiger partial charge on any atom is 0.413 e. The van der Waals surface area contributed by atoms with Crippen LogP contribution in [0.4, 0.5) is 9.18 Å². The number of amides is 1. The lowest BCUT2D eigenvalue weighted by molar-refractivity contribution is -0.0610. The summed E-state index contributed by atoms with van der Waals surface area (Å²) in [5.41, 5.74) is -1.66. The van der Waals surface area contributed by atoms with Crippen molar-refractivity contribution in [1.82, 2.24) is 4.90 Å². The number of allylic oxidation sites excluding steroid dienone is 1. The van der Waals surface area contributed by atoms with Crippen LogP contribution in [0.5, 0.6) is 0 Å². The third-order valence-corrected chi connectivity index (χ3v) is 5.75. The summed E-state index contributed by atoms with van der Waals surface area (Å²) in [5, 5.41) is 0. The number of rotatable bonds is 7. The van der Waals surface area contributed by atoms with E-state index in [1.54, 1.807) is 62.3 Å². The molecule has 0 spiro atoms. The minimum atomic E-state index is -3.67. The molecule has 1 amide bonds. The largest absolute Gasteiger partial charge is 0.444 e. The number of carbonyl (C=O) groups is 1. The van der Waals surface area contributed by atoms with Crippen LogP contribution in [0, 0.1) is 0 Å². The molecule has 0 bridgehead atoms. The fourth-order valence-corrected chi connectivity index (χ4v) is 4.77. The van der Waals surface area contributed by atoms with Gasteiger partial charge in [-0.25, -0.2) is 9.18 Å². The zero-order valence-corrected chi connectivity index (χ0v) is 19.3. The summed E-state index contributed by atoms with van der Waals surface area (Å²) in [4.78, 5) is 14.0. The molecule has 1 heterocycles. The molecule has 1 rings (SSSR count). The Labute approximate surface area is 168 Å². The Morgan fingerprint density at radius 2 is 1.75 bits per heavy atom. The van der Waals surface area contributed by atoms with Gasteiger partial charge in [0.15, 0.2) is 0 Å². The Hall–Kier alpha value is -0.950. The van der Waals surface area contributed by atoms with Crippen molar-refractivity contribution < 1.29 is 32.3 Å². The number of halogens is 1. The molecule has 0 aliphatic carbocycles. The SMILES string of the molecule is CC(C)OP(=O)(CC(F)=C[C@@H]1COC(C)(C)N1C(=O)OC(C)(C)C)OC(C)C. The summed E-state index contributed by atoms with van der Waals surface area (Å²) in [6.45, 7) is 15.6. The summed E-state index contributed by atoms with van der Waals surface area (Å²) in [6.07, 6.45) is -0.667. The molecule has 28 heavy (non-hydrogen) atoms. The van der Waals surface area contributed by atoms with E-state index in [0.29, 0.717) is 0 Å². The van der Waals surface area contributed by atoms with Gasteiger partial charge in [-0.1, -0.05) is 0 Å². The van der Waals surface area contributed by atoms with E-state index in [1.165, 1.54) is 11.0 Å². The summed E-state index contributed by atoms with van der Waals surface area (Å²) < 4.78 is 49.5. The predicted octanol–water partition coefficient (Wildman–Crippen LogP) is 5.25. The Morgan fingerprint density at radius 3 is 2.18 bits per heavy atom. The van der Waals surface area contributed by atoms with Crippen LogP contribution >= 0.6 is 7.60 Å². The second-order valence-electron chi connectivity index (χ2n) is 8.87. The van der Waals surface area contributed by atoms with Crippen LogP contribution in [0.1, 0.15) is 62.3 Å². The zero-order chi connectivity index (χ0) is 21.9. The first-order chi connectivity index (χ1) is 12.5. The molecular formula is C19H35FNO6P. The van der Waals surface area contributed by atoms with Crippen molar-refractivity contribution in [3.8, 4) is 0 Å². The van der Waals surface area contributed by atoms with E-state index in [4.69, 9.17) is 18.5 Å². The molecule has 1 saturated heterocycles. The van der Waals surface area contributed by atoms with Gasteiger partial charge in [-0.2, -0.15) is 0 Å². The van der Waals surface area contributed by atoms with Crippen molar-refractivity contribution in [2.45, 2.75) is 91.9 Å². The van der Waals surface area contributed by atoms with Crippen LogP contribution in [-0.4, -0.2) is 53.3 Å². The molecule has 7 nitrogen and oxygen atoms in total. The molecule has 1 aliphatic heterocycles. The van der Waals surface area contributed by atoms with Gasteiger partial charge < -0.3 is 18.5 Å². The van der Waals surface area contributed by atoms with E-state index in [1.807, 2.05) is 0 Å². The molecular weight excluding hydrogens is 388 g/mol. The highest BCUT2D eigenvalue weighted by atomic mass is 31.2. The summed E-state index contributed by atoms with van der Waals surface area (Å²) in [6, 6.07) is -0.698. The number of carbonyl (C=O) groups excluding carboxylic acids is 1. The minimum Gasteiger partial charge on any atom is -0.444 e. The van der Waals surface area contributed by atoms with Crippen molar-refractivity contribution in [2.75, 3.05) is 12.8 Å². The average Bonchev–Trinajstić information content (AvgIpc) is 2.68. The molecule has 0 aromatic heterocycles. The van der Waals surface area contributed by atoms with Gasteiger partial charge in [0, 0.05) is 0 Å². The number of nitrogens with zero attached hydrogens (tertiary/aromatic N) is 1. The molecule has 164 valence electrons. The highest BCUT2D eigenvalue weighted by molar-refractivity contribution is 7.54. The second-order valence-corrected chi connectivity index (χ2v) is 10.8. The molecule has 0 aromatic carbocycles. The summed E-state index contributed by atoms with van der Waals surface area (Å²) in [7, 11) is -3.67. The zero-order valence-electron chi connectivity index (χ0n) is 18.4. The highest BCUT2D eigenvalue weighted by Gasteiger charge is 2.45. The van der Waals surface area contributed by atoms with Gasteiger partial charge in [0.2, 0.25) is 0 Å². The van der Waals surface area contributed by atoms with Gasteiger partial charge in [-0.15, -0.1) is 0 Å². The smallest absolute Gasteiger partial charge is 0.413 e. The molecule has 0 unspecified atom stereocenters. The fraction of sp³-hybridized carbons (Fsp3) is 0.842. The predicted molar refractivity (Wildman–Crippen MR) is 106 cm³/mol. The first kappa shape index (κ1) is 25.1.